The summed E-state index contributed by atoms with van der Waals surface area (Å²) in [5, 5.41) is 6.76. The van der Waals surface area contributed by atoms with Gasteiger partial charge in [0.05, 0.1) is 12.0 Å². The molecule has 0 spiro atoms. The number of carbonyl (C=O) groups is 1. The molecule has 162 valence electrons. The highest BCUT2D eigenvalue weighted by Gasteiger charge is 2.42. The molecule has 6 nitrogen and oxygen atoms in total. The Hall–Kier alpha value is -2.08. The van der Waals surface area contributed by atoms with Gasteiger partial charge >= 0.3 is 0 Å². The number of carbonyl (C=O) groups excluding carboxylic acids is 1. The van der Waals surface area contributed by atoms with Crippen LogP contribution in [-0.2, 0) is 11.3 Å². The van der Waals surface area contributed by atoms with Crippen molar-refractivity contribution < 1.29 is 4.79 Å². The largest absolute Gasteiger partial charge is 0.357 e. The normalized spacial score (nSPS) is 16.1. The summed E-state index contributed by atoms with van der Waals surface area (Å²) in [5.41, 5.74) is 1.02. The molecule has 6 heteroatoms. The van der Waals surface area contributed by atoms with Gasteiger partial charge in [0.15, 0.2) is 5.96 Å². The highest BCUT2D eigenvalue weighted by molar-refractivity contribution is 5.84. The second-order valence-electron chi connectivity index (χ2n) is 8.39. The number of nitrogens with zero attached hydrogens (tertiary/aromatic N) is 3. The van der Waals surface area contributed by atoms with Crippen LogP contribution >= 0.6 is 0 Å². The molecular formula is C23H39N5O. The topological polar surface area (TPSA) is 60.0 Å². The summed E-state index contributed by atoms with van der Waals surface area (Å²) in [7, 11) is 5.85. The van der Waals surface area contributed by atoms with E-state index in [-0.39, 0.29) is 11.3 Å². The van der Waals surface area contributed by atoms with Crippen LogP contribution in [0.4, 0.5) is 0 Å². The Kier molecular flexibility index (Phi) is 9.45. The van der Waals surface area contributed by atoms with E-state index in [4.69, 9.17) is 4.99 Å². The Morgan fingerprint density at radius 2 is 1.79 bits per heavy atom. The van der Waals surface area contributed by atoms with Crippen LogP contribution in [0.1, 0.15) is 44.6 Å². The van der Waals surface area contributed by atoms with Crippen molar-refractivity contribution >= 4 is 11.9 Å². The summed E-state index contributed by atoms with van der Waals surface area (Å²) in [6.07, 6.45) is 5.16. The molecule has 29 heavy (non-hydrogen) atoms. The first-order chi connectivity index (χ1) is 14.0. The van der Waals surface area contributed by atoms with Gasteiger partial charge in [-0.2, -0.15) is 0 Å². The van der Waals surface area contributed by atoms with Gasteiger partial charge in [0, 0.05) is 33.7 Å². The molecule has 1 aromatic carbocycles. The molecule has 0 atom stereocenters. The van der Waals surface area contributed by atoms with Crippen LogP contribution < -0.4 is 10.6 Å². The van der Waals surface area contributed by atoms with Crippen LogP contribution in [0.3, 0.4) is 0 Å². The van der Waals surface area contributed by atoms with E-state index < -0.39 is 0 Å². The molecule has 0 saturated heterocycles. The predicted molar refractivity (Wildman–Crippen MR) is 121 cm³/mol. The molecule has 0 aromatic heterocycles. The van der Waals surface area contributed by atoms with Gasteiger partial charge in [-0.1, -0.05) is 43.2 Å². The summed E-state index contributed by atoms with van der Waals surface area (Å²) in [6, 6.07) is 10.6. The van der Waals surface area contributed by atoms with Crippen molar-refractivity contribution in [2.24, 2.45) is 10.4 Å². The third-order valence-electron chi connectivity index (χ3n) is 5.61. The van der Waals surface area contributed by atoms with E-state index in [1.165, 1.54) is 5.56 Å². The Morgan fingerprint density at radius 3 is 2.41 bits per heavy atom. The maximum absolute atomic E-state index is 12.7. The van der Waals surface area contributed by atoms with Crippen molar-refractivity contribution in [3.8, 4) is 0 Å². The summed E-state index contributed by atoms with van der Waals surface area (Å²) < 4.78 is 0. The second kappa shape index (κ2) is 11.8. The summed E-state index contributed by atoms with van der Waals surface area (Å²) in [5.74, 6) is 1.04. The zero-order chi connectivity index (χ0) is 21.1. The van der Waals surface area contributed by atoms with Crippen LogP contribution in [0.2, 0.25) is 0 Å². The van der Waals surface area contributed by atoms with Gasteiger partial charge in [-0.15, -0.1) is 0 Å². The Balaban J connectivity index is 1.81. The fraction of sp³-hybridized carbons (Fsp3) is 0.652. The van der Waals surface area contributed by atoms with Gasteiger partial charge in [-0.05, 0) is 45.3 Å². The number of rotatable bonds is 10. The van der Waals surface area contributed by atoms with Gasteiger partial charge in [0.2, 0.25) is 5.91 Å². The summed E-state index contributed by atoms with van der Waals surface area (Å²) >= 11 is 0. The smallest absolute Gasteiger partial charge is 0.230 e. The van der Waals surface area contributed by atoms with Gasteiger partial charge in [-0.3, -0.25) is 9.79 Å². The van der Waals surface area contributed by atoms with Crippen molar-refractivity contribution in [2.75, 3.05) is 47.3 Å². The molecule has 1 aliphatic rings. The molecule has 0 unspecified atom stereocenters. The molecule has 0 aliphatic heterocycles. The average Bonchev–Trinajstić information content (AvgIpc) is 3.19. The van der Waals surface area contributed by atoms with E-state index in [1.807, 2.05) is 14.1 Å². The minimum atomic E-state index is -0.318. The van der Waals surface area contributed by atoms with E-state index in [0.717, 1.165) is 64.2 Å². The molecule has 1 aliphatic carbocycles. The molecule has 0 heterocycles. The minimum Gasteiger partial charge on any atom is -0.357 e. The lowest BCUT2D eigenvalue weighted by Crippen LogP contribution is -2.43. The highest BCUT2D eigenvalue weighted by atomic mass is 16.2. The van der Waals surface area contributed by atoms with Gasteiger partial charge in [0.25, 0.3) is 0 Å². The summed E-state index contributed by atoms with van der Waals surface area (Å²) in [6.45, 7) is 6.29. The van der Waals surface area contributed by atoms with E-state index in [1.54, 1.807) is 4.90 Å². The number of guanidine groups is 1. The van der Waals surface area contributed by atoms with Crippen molar-refractivity contribution in [3.05, 3.63) is 35.9 Å². The van der Waals surface area contributed by atoms with Crippen LogP contribution in [0, 0.1) is 5.41 Å². The molecule has 2 N–H and O–H groups in total. The fourth-order valence-corrected chi connectivity index (χ4v) is 4.07. The second-order valence-corrected chi connectivity index (χ2v) is 8.39. The first-order valence-electron chi connectivity index (χ1n) is 10.9. The van der Waals surface area contributed by atoms with E-state index in [9.17, 15) is 4.79 Å². The lowest BCUT2D eigenvalue weighted by Gasteiger charge is -2.29. The Bertz CT molecular complexity index is 638. The van der Waals surface area contributed by atoms with Crippen molar-refractivity contribution in [1.29, 1.82) is 0 Å². The standard InChI is InChI=1S/C23H39N5O/c1-5-24-22(26-19-23(14-9-10-15-23)21(29)27(2)3)25-16-11-17-28(4)18-20-12-7-6-8-13-20/h6-8,12-13H,5,9-11,14-19H2,1-4H3,(H2,24,25,26). The highest BCUT2D eigenvalue weighted by Crippen LogP contribution is 2.39. The molecular weight excluding hydrogens is 362 g/mol. The maximum Gasteiger partial charge on any atom is 0.230 e. The molecule has 2 rings (SSSR count). The lowest BCUT2D eigenvalue weighted by atomic mass is 9.85. The van der Waals surface area contributed by atoms with Crippen molar-refractivity contribution in [2.45, 2.75) is 45.6 Å². The summed E-state index contributed by atoms with van der Waals surface area (Å²) in [4.78, 5) is 21.6. The van der Waals surface area contributed by atoms with Gasteiger partial charge in [-0.25, -0.2) is 0 Å². The van der Waals surface area contributed by atoms with Crippen molar-refractivity contribution in [3.63, 3.8) is 0 Å². The van der Waals surface area contributed by atoms with Gasteiger partial charge < -0.3 is 20.4 Å². The Labute approximate surface area is 176 Å². The first kappa shape index (κ1) is 23.2. The Morgan fingerprint density at radius 1 is 1.10 bits per heavy atom. The molecule has 1 amide bonds. The van der Waals surface area contributed by atoms with E-state index >= 15 is 0 Å². The van der Waals surface area contributed by atoms with Gasteiger partial charge in [0.1, 0.15) is 0 Å². The number of nitrogens with one attached hydrogen (secondary N) is 2. The van der Waals surface area contributed by atoms with Crippen LogP contribution in [0.5, 0.6) is 0 Å². The lowest BCUT2D eigenvalue weighted by molar-refractivity contribution is -0.138. The zero-order valence-corrected chi connectivity index (χ0v) is 18.7. The van der Waals surface area contributed by atoms with Crippen molar-refractivity contribution in [1.82, 2.24) is 20.4 Å². The van der Waals surface area contributed by atoms with Crippen LogP contribution in [0.25, 0.3) is 0 Å². The molecule has 0 bridgehead atoms. The molecule has 0 radical (unpaired) electrons. The molecule has 1 fully saturated rings. The van der Waals surface area contributed by atoms with E-state index in [2.05, 4.69) is 59.8 Å². The molecule has 1 saturated carbocycles. The number of benzene rings is 1. The zero-order valence-electron chi connectivity index (χ0n) is 18.7. The van der Waals surface area contributed by atoms with Crippen LogP contribution in [-0.4, -0.2) is 69.0 Å². The minimum absolute atomic E-state index is 0.220. The number of amides is 1. The average molecular weight is 402 g/mol. The number of aliphatic imine (C=N–C) groups is 1. The van der Waals surface area contributed by atoms with E-state index in [0.29, 0.717) is 6.54 Å². The van der Waals surface area contributed by atoms with Crippen LogP contribution in [0.15, 0.2) is 35.3 Å². The first-order valence-corrected chi connectivity index (χ1v) is 10.9. The monoisotopic (exact) mass is 401 g/mol. The maximum atomic E-state index is 12.7. The third kappa shape index (κ3) is 7.35. The SMILES string of the molecule is CCNC(=NCC1(C(=O)N(C)C)CCCC1)NCCCN(C)Cc1ccccc1. The third-order valence-corrected chi connectivity index (χ3v) is 5.61. The quantitative estimate of drug-likeness (QED) is 0.360. The number of hydrogen-bond acceptors (Lipinski definition) is 3. The fourth-order valence-electron chi connectivity index (χ4n) is 4.07. The number of hydrogen-bond donors (Lipinski definition) is 2. The molecule has 1 aromatic rings. The predicted octanol–water partition coefficient (Wildman–Crippen LogP) is 2.71.